The van der Waals surface area contributed by atoms with Crippen LogP contribution in [0.1, 0.15) is 12.5 Å². The van der Waals surface area contributed by atoms with Crippen molar-refractivity contribution in [2.75, 3.05) is 6.54 Å². The fourth-order valence-corrected chi connectivity index (χ4v) is 2.30. The Morgan fingerprint density at radius 1 is 1.05 bits per heavy atom. The van der Waals surface area contributed by atoms with Gasteiger partial charge in [-0.3, -0.25) is 0 Å². The fraction of sp³-hybridized carbons (Fsp3) is 0.176. The Kier molecular flexibility index (Phi) is 4.07. The summed E-state index contributed by atoms with van der Waals surface area (Å²) in [6, 6.07) is 18.5. The number of rotatable bonds is 5. The van der Waals surface area contributed by atoms with Crippen molar-refractivity contribution in [2.24, 2.45) is 0 Å². The smallest absolute Gasteiger partial charge is 0.0944 e. The van der Waals surface area contributed by atoms with Crippen molar-refractivity contribution in [2.45, 2.75) is 13.5 Å². The quantitative estimate of drug-likeness (QED) is 0.780. The second-order valence-corrected chi connectivity index (χ2v) is 4.85. The highest BCUT2D eigenvalue weighted by molar-refractivity contribution is 5.61. The third kappa shape index (κ3) is 3.01. The highest BCUT2D eigenvalue weighted by Gasteiger charge is 2.08. The van der Waals surface area contributed by atoms with Crippen LogP contribution in [0.15, 0.2) is 60.8 Å². The van der Waals surface area contributed by atoms with Crippen molar-refractivity contribution in [3.63, 3.8) is 0 Å². The van der Waals surface area contributed by atoms with E-state index in [9.17, 15) is 0 Å². The zero-order valence-electron chi connectivity index (χ0n) is 12.0. The van der Waals surface area contributed by atoms with Crippen LogP contribution in [0.5, 0.6) is 0 Å². The van der Waals surface area contributed by atoms with Crippen molar-refractivity contribution < 1.29 is 0 Å². The van der Waals surface area contributed by atoms with Crippen LogP contribution >= 0.6 is 0 Å². The van der Waals surface area contributed by atoms with Gasteiger partial charge in [0.2, 0.25) is 0 Å². The molecule has 3 aromatic rings. The van der Waals surface area contributed by atoms with E-state index in [1.165, 1.54) is 5.56 Å². The Hall–Kier alpha value is -2.46. The summed E-state index contributed by atoms with van der Waals surface area (Å²) in [4.78, 5) is 0. The van der Waals surface area contributed by atoms with Gasteiger partial charge in [0.05, 0.1) is 17.6 Å². The molecule has 0 aliphatic carbocycles. The molecule has 0 bridgehead atoms. The molecular weight excluding hydrogens is 260 g/mol. The van der Waals surface area contributed by atoms with Gasteiger partial charge in [-0.05, 0) is 30.3 Å². The van der Waals surface area contributed by atoms with Gasteiger partial charge in [0, 0.05) is 12.1 Å². The molecule has 4 nitrogen and oxygen atoms in total. The first-order valence-electron chi connectivity index (χ1n) is 7.14. The maximum absolute atomic E-state index is 4.21. The summed E-state index contributed by atoms with van der Waals surface area (Å²) in [5.41, 5.74) is 4.40. The summed E-state index contributed by atoms with van der Waals surface area (Å²) in [5, 5.41) is 11.6. The van der Waals surface area contributed by atoms with Crippen LogP contribution in [-0.2, 0) is 6.54 Å². The molecular formula is C17H18N4. The third-order valence-corrected chi connectivity index (χ3v) is 3.35. The summed E-state index contributed by atoms with van der Waals surface area (Å²) in [5.74, 6) is 0. The van der Waals surface area contributed by atoms with Crippen LogP contribution < -0.4 is 5.32 Å². The predicted molar refractivity (Wildman–Crippen MR) is 84.2 cm³/mol. The van der Waals surface area contributed by atoms with Crippen molar-refractivity contribution in [1.82, 2.24) is 20.3 Å². The van der Waals surface area contributed by atoms with Crippen molar-refractivity contribution in [3.8, 4) is 16.9 Å². The van der Waals surface area contributed by atoms with Gasteiger partial charge in [-0.25, -0.2) is 4.68 Å². The molecule has 106 valence electrons. The molecule has 0 aliphatic heterocycles. The highest BCUT2D eigenvalue weighted by Crippen LogP contribution is 2.22. The Morgan fingerprint density at radius 3 is 2.71 bits per heavy atom. The second-order valence-electron chi connectivity index (χ2n) is 4.85. The Morgan fingerprint density at radius 2 is 1.90 bits per heavy atom. The van der Waals surface area contributed by atoms with Crippen molar-refractivity contribution in [3.05, 3.63) is 66.4 Å². The van der Waals surface area contributed by atoms with E-state index in [0.29, 0.717) is 0 Å². The van der Waals surface area contributed by atoms with Crippen LogP contribution in [0.25, 0.3) is 16.9 Å². The molecule has 3 rings (SSSR count). The average molecular weight is 278 g/mol. The Labute approximate surface area is 124 Å². The summed E-state index contributed by atoms with van der Waals surface area (Å²) in [6.07, 6.45) is 1.80. The molecule has 4 heteroatoms. The third-order valence-electron chi connectivity index (χ3n) is 3.35. The van der Waals surface area contributed by atoms with E-state index in [1.807, 2.05) is 35.0 Å². The first kappa shape index (κ1) is 13.5. The minimum atomic E-state index is 0.872. The lowest BCUT2D eigenvalue weighted by atomic mass is 10.1. The summed E-state index contributed by atoms with van der Waals surface area (Å²) < 4.78 is 1.87. The van der Waals surface area contributed by atoms with Gasteiger partial charge < -0.3 is 5.32 Å². The van der Waals surface area contributed by atoms with Gasteiger partial charge in [0.1, 0.15) is 0 Å². The van der Waals surface area contributed by atoms with E-state index >= 15 is 0 Å². The number of benzene rings is 2. The van der Waals surface area contributed by atoms with Gasteiger partial charge in [-0.15, -0.1) is 5.10 Å². The SMILES string of the molecule is CCNCc1cccc(-c2cnnn2-c2ccccc2)c1. The molecule has 1 N–H and O–H groups in total. The maximum Gasteiger partial charge on any atom is 0.0944 e. The largest absolute Gasteiger partial charge is 0.313 e. The molecule has 1 heterocycles. The monoisotopic (exact) mass is 278 g/mol. The predicted octanol–water partition coefficient (Wildman–Crippen LogP) is 3.04. The lowest BCUT2D eigenvalue weighted by molar-refractivity contribution is 0.727. The minimum absolute atomic E-state index is 0.872. The van der Waals surface area contributed by atoms with Crippen LogP contribution in [0.3, 0.4) is 0 Å². The average Bonchev–Trinajstić information content (AvgIpc) is 3.04. The molecule has 0 saturated heterocycles. The normalized spacial score (nSPS) is 10.7. The number of nitrogens with zero attached hydrogens (tertiary/aromatic N) is 3. The first-order valence-corrected chi connectivity index (χ1v) is 7.14. The molecule has 0 aliphatic rings. The lowest BCUT2D eigenvalue weighted by Crippen LogP contribution is -2.11. The Bertz CT molecular complexity index is 704. The number of para-hydroxylation sites is 1. The molecule has 0 amide bonds. The zero-order valence-corrected chi connectivity index (χ0v) is 12.0. The van der Waals surface area contributed by atoms with E-state index < -0.39 is 0 Å². The Balaban J connectivity index is 1.97. The van der Waals surface area contributed by atoms with Crippen molar-refractivity contribution >= 4 is 0 Å². The number of hydrogen-bond donors (Lipinski definition) is 1. The molecule has 21 heavy (non-hydrogen) atoms. The minimum Gasteiger partial charge on any atom is -0.313 e. The molecule has 0 fully saturated rings. The van der Waals surface area contributed by atoms with Crippen LogP contribution in [0, 0.1) is 0 Å². The van der Waals surface area contributed by atoms with E-state index in [-0.39, 0.29) is 0 Å². The van der Waals surface area contributed by atoms with Gasteiger partial charge >= 0.3 is 0 Å². The first-order chi connectivity index (χ1) is 10.4. The van der Waals surface area contributed by atoms with E-state index in [1.54, 1.807) is 6.20 Å². The van der Waals surface area contributed by atoms with E-state index in [4.69, 9.17) is 0 Å². The van der Waals surface area contributed by atoms with Crippen molar-refractivity contribution in [1.29, 1.82) is 0 Å². The molecule has 0 saturated carbocycles. The van der Waals surface area contributed by atoms with Crippen LogP contribution in [-0.4, -0.2) is 21.5 Å². The highest BCUT2D eigenvalue weighted by atomic mass is 15.4. The van der Waals surface area contributed by atoms with Gasteiger partial charge in [0.15, 0.2) is 0 Å². The van der Waals surface area contributed by atoms with E-state index in [0.717, 1.165) is 30.0 Å². The van der Waals surface area contributed by atoms with Gasteiger partial charge in [0.25, 0.3) is 0 Å². The summed E-state index contributed by atoms with van der Waals surface area (Å²) >= 11 is 0. The fourth-order valence-electron chi connectivity index (χ4n) is 2.30. The lowest BCUT2D eigenvalue weighted by Gasteiger charge is -2.08. The number of nitrogens with one attached hydrogen (secondary N) is 1. The second kappa shape index (κ2) is 6.33. The topological polar surface area (TPSA) is 42.7 Å². The summed E-state index contributed by atoms with van der Waals surface area (Å²) in [7, 11) is 0. The molecule has 0 atom stereocenters. The van der Waals surface area contributed by atoms with Gasteiger partial charge in [-0.2, -0.15) is 0 Å². The molecule has 0 spiro atoms. The number of aromatic nitrogens is 3. The standard InChI is InChI=1S/C17H18N4/c1-2-18-12-14-7-6-8-15(11-14)17-13-19-20-21(17)16-9-4-3-5-10-16/h3-11,13,18H,2,12H2,1H3. The molecule has 0 unspecified atom stereocenters. The number of hydrogen-bond acceptors (Lipinski definition) is 3. The summed E-state index contributed by atoms with van der Waals surface area (Å²) in [6.45, 7) is 3.95. The van der Waals surface area contributed by atoms with Crippen LogP contribution in [0.2, 0.25) is 0 Å². The maximum atomic E-state index is 4.21. The van der Waals surface area contributed by atoms with E-state index in [2.05, 4.69) is 46.8 Å². The molecule has 0 radical (unpaired) electrons. The van der Waals surface area contributed by atoms with Crippen LogP contribution in [0.4, 0.5) is 0 Å². The molecule has 2 aromatic carbocycles. The zero-order chi connectivity index (χ0) is 14.5. The molecule has 1 aromatic heterocycles. The van der Waals surface area contributed by atoms with Gasteiger partial charge in [-0.1, -0.05) is 48.5 Å².